The van der Waals surface area contributed by atoms with Crippen LogP contribution in [0.25, 0.3) is 5.57 Å². The smallest absolute Gasteiger partial charge is 0.0123 e. The topological polar surface area (TPSA) is 0 Å². The van der Waals surface area contributed by atoms with E-state index in [0.717, 1.165) is 16.7 Å². The summed E-state index contributed by atoms with van der Waals surface area (Å²) in [6.45, 7) is 18.8. The second kappa shape index (κ2) is 5.18. The van der Waals surface area contributed by atoms with Crippen LogP contribution in [0.2, 0.25) is 0 Å². The van der Waals surface area contributed by atoms with Crippen molar-refractivity contribution in [2.24, 2.45) is 0 Å². The molecule has 0 amide bonds. The molecule has 0 aliphatic heterocycles. The monoisotopic (exact) mass is 226 g/mol. The first-order chi connectivity index (χ1) is 7.90. The Hall–Kier alpha value is -1.56. The van der Waals surface area contributed by atoms with Crippen LogP contribution in [0.5, 0.6) is 0 Å². The van der Waals surface area contributed by atoms with Crippen LogP contribution in [0.1, 0.15) is 36.1 Å². The van der Waals surface area contributed by atoms with E-state index in [9.17, 15) is 0 Å². The zero-order valence-electron chi connectivity index (χ0n) is 11.6. The lowest BCUT2D eigenvalue weighted by atomic mass is 9.87. The van der Waals surface area contributed by atoms with Crippen LogP contribution in [-0.4, -0.2) is 0 Å². The molecule has 0 saturated heterocycles. The lowest BCUT2D eigenvalue weighted by molar-refractivity contribution is 1.26. The van der Waals surface area contributed by atoms with E-state index >= 15 is 0 Å². The van der Waals surface area contributed by atoms with Crippen molar-refractivity contribution in [1.82, 2.24) is 0 Å². The molecule has 0 nitrogen and oxygen atoms in total. The summed E-state index contributed by atoms with van der Waals surface area (Å²) in [4.78, 5) is 0. The van der Waals surface area contributed by atoms with Crippen molar-refractivity contribution >= 4 is 5.57 Å². The third-order valence-electron chi connectivity index (χ3n) is 3.32. The largest absolute Gasteiger partial charge is 0.0955 e. The normalized spacial score (nSPS) is 11.5. The molecule has 0 bridgehead atoms. The fraction of sp³-hybridized carbons (Fsp3) is 0.294. The van der Waals surface area contributed by atoms with Gasteiger partial charge in [0.15, 0.2) is 0 Å². The number of rotatable bonds is 3. The molecule has 0 aromatic heterocycles. The van der Waals surface area contributed by atoms with Crippen molar-refractivity contribution in [1.29, 1.82) is 0 Å². The third kappa shape index (κ3) is 2.58. The van der Waals surface area contributed by atoms with Gasteiger partial charge < -0.3 is 0 Å². The fourth-order valence-electron chi connectivity index (χ4n) is 2.23. The Kier molecular flexibility index (Phi) is 4.11. The first-order valence-electron chi connectivity index (χ1n) is 5.98. The first kappa shape index (κ1) is 13.5. The summed E-state index contributed by atoms with van der Waals surface area (Å²) in [5, 5.41) is 0. The van der Waals surface area contributed by atoms with Gasteiger partial charge in [0.05, 0.1) is 0 Å². The van der Waals surface area contributed by atoms with Crippen LogP contribution in [0.15, 0.2) is 42.5 Å². The SMILES string of the molecule is C=C(C)/C(=C/C)C(=C)c1c(C)ccc(C)c1C. The van der Waals surface area contributed by atoms with E-state index in [-0.39, 0.29) is 0 Å². The molecule has 0 unspecified atom stereocenters. The second-order valence-electron chi connectivity index (χ2n) is 4.66. The molecule has 0 heteroatoms. The standard InChI is InChI=1S/C17H22/c1-8-16(11(2)3)15(7)17-13(5)10-9-12(4)14(17)6/h8-10H,2,7H2,1,3-6H3/b16-8-. The Morgan fingerprint density at radius 2 is 1.59 bits per heavy atom. The van der Waals surface area contributed by atoms with E-state index in [2.05, 4.69) is 52.1 Å². The van der Waals surface area contributed by atoms with Crippen LogP contribution in [0, 0.1) is 20.8 Å². The van der Waals surface area contributed by atoms with E-state index in [4.69, 9.17) is 0 Å². The zero-order chi connectivity index (χ0) is 13.2. The Bertz CT molecular complexity index is 499. The molecule has 0 radical (unpaired) electrons. The number of aryl methyl sites for hydroxylation is 2. The minimum Gasteiger partial charge on any atom is -0.0955 e. The number of hydrogen-bond donors (Lipinski definition) is 0. The molecule has 0 spiro atoms. The average molecular weight is 226 g/mol. The lowest BCUT2D eigenvalue weighted by Crippen LogP contribution is -1.98. The highest BCUT2D eigenvalue weighted by Gasteiger charge is 2.12. The Morgan fingerprint density at radius 3 is 2.06 bits per heavy atom. The molecular weight excluding hydrogens is 204 g/mol. The van der Waals surface area contributed by atoms with E-state index in [1.165, 1.54) is 22.3 Å². The van der Waals surface area contributed by atoms with Crippen molar-refractivity contribution in [3.8, 4) is 0 Å². The minimum atomic E-state index is 1.07. The maximum atomic E-state index is 4.25. The van der Waals surface area contributed by atoms with Crippen LogP contribution in [0.4, 0.5) is 0 Å². The molecule has 0 N–H and O–H groups in total. The van der Waals surface area contributed by atoms with Gasteiger partial charge in [-0.3, -0.25) is 0 Å². The van der Waals surface area contributed by atoms with E-state index < -0.39 is 0 Å². The van der Waals surface area contributed by atoms with E-state index in [1.54, 1.807) is 0 Å². The Balaban J connectivity index is 3.40. The summed E-state index contributed by atoms with van der Waals surface area (Å²) < 4.78 is 0. The van der Waals surface area contributed by atoms with E-state index in [0.29, 0.717) is 0 Å². The summed E-state index contributed by atoms with van der Waals surface area (Å²) in [5.74, 6) is 0. The van der Waals surface area contributed by atoms with Crippen molar-refractivity contribution in [2.45, 2.75) is 34.6 Å². The van der Waals surface area contributed by atoms with Crippen molar-refractivity contribution in [3.05, 3.63) is 64.8 Å². The average Bonchev–Trinajstić information content (AvgIpc) is 2.24. The van der Waals surface area contributed by atoms with Gasteiger partial charge in [0.1, 0.15) is 0 Å². The molecule has 1 aromatic rings. The summed E-state index contributed by atoms with van der Waals surface area (Å²) in [6, 6.07) is 4.33. The predicted molar refractivity (Wildman–Crippen MR) is 78.3 cm³/mol. The number of hydrogen-bond acceptors (Lipinski definition) is 0. The molecule has 1 aromatic carbocycles. The van der Waals surface area contributed by atoms with Gasteiger partial charge in [0, 0.05) is 0 Å². The van der Waals surface area contributed by atoms with Gasteiger partial charge in [0.2, 0.25) is 0 Å². The van der Waals surface area contributed by atoms with Crippen molar-refractivity contribution in [2.75, 3.05) is 0 Å². The Morgan fingerprint density at radius 1 is 1.06 bits per heavy atom. The highest BCUT2D eigenvalue weighted by molar-refractivity contribution is 5.84. The molecule has 0 atom stereocenters. The predicted octanol–water partition coefficient (Wildman–Crippen LogP) is 5.15. The quantitative estimate of drug-likeness (QED) is 0.625. The number of allylic oxidation sites excluding steroid dienone is 4. The van der Waals surface area contributed by atoms with Gasteiger partial charge in [-0.15, -0.1) is 0 Å². The Labute approximate surface area is 105 Å². The maximum Gasteiger partial charge on any atom is -0.0123 e. The summed E-state index contributed by atoms with van der Waals surface area (Å²) in [6.07, 6.45) is 2.09. The second-order valence-corrected chi connectivity index (χ2v) is 4.66. The minimum absolute atomic E-state index is 1.07. The highest BCUT2D eigenvalue weighted by atomic mass is 14.2. The van der Waals surface area contributed by atoms with Crippen LogP contribution < -0.4 is 0 Å². The lowest BCUT2D eigenvalue weighted by Gasteiger charge is -2.17. The van der Waals surface area contributed by atoms with Gasteiger partial charge >= 0.3 is 0 Å². The molecular formula is C17H22. The van der Waals surface area contributed by atoms with Crippen molar-refractivity contribution < 1.29 is 0 Å². The molecule has 17 heavy (non-hydrogen) atoms. The molecule has 0 saturated carbocycles. The van der Waals surface area contributed by atoms with Gasteiger partial charge in [-0.1, -0.05) is 36.9 Å². The summed E-state index contributed by atoms with van der Waals surface area (Å²) in [5.41, 5.74) is 8.47. The van der Waals surface area contributed by atoms with Gasteiger partial charge in [-0.05, 0) is 68.0 Å². The van der Waals surface area contributed by atoms with Gasteiger partial charge in [-0.2, -0.15) is 0 Å². The van der Waals surface area contributed by atoms with Crippen LogP contribution in [-0.2, 0) is 0 Å². The van der Waals surface area contributed by atoms with Gasteiger partial charge in [0.25, 0.3) is 0 Å². The van der Waals surface area contributed by atoms with Crippen molar-refractivity contribution in [3.63, 3.8) is 0 Å². The number of benzene rings is 1. The summed E-state index contributed by atoms with van der Waals surface area (Å²) in [7, 11) is 0. The zero-order valence-corrected chi connectivity index (χ0v) is 11.6. The van der Waals surface area contributed by atoms with E-state index in [1.807, 2.05) is 13.8 Å². The molecule has 90 valence electrons. The van der Waals surface area contributed by atoms with Crippen LogP contribution >= 0.6 is 0 Å². The molecule has 0 aliphatic carbocycles. The molecule has 1 rings (SSSR count). The van der Waals surface area contributed by atoms with Crippen LogP contribution in [0.3, 0.4) is 0 Å². The van der Waals surface area contributed by atoms with Gasteiger partial charge in [-0.25, -0.2) is 0 Å². The third-order valence-corrected chi connectivity index (χ3v) is 3.32. The highest BCUT2D eigenvalue weighted by Crippen LogP contribution is 2.31. The summed E-state index contributed by atoms with van der Waals surface area (Å²) >= 11 is 0. The first-order valence-corrected chi connectivity index (χ1v) is 5.98. The maximum absolute atomic E-state index is 4.25. The molecule has 0 heterocycles. The molecule has 0 fully saturated rings. The fourth-order valence-corrected chi connectivity index (χ4v) is 2.23. The molecule has 0 aliphatic rings.